The molecule has 0 unspecified atom stereocenters. The molecule has 0 aliphatic heterocycles. The van der Waals surface area contributed by atoms with Gasteiger partial charge >= 0.3 is 0 Å². The molecule has 2 aromatic heterocycles. The number of thiophene rings is 1. The van der Waals surface area contributed by atoms with Gasteiger partial charge in [0.25, 0.3) is 0 Å². The van der Waals surface area contributed by atoms with Crippen molar-refractivity contribution in [2.75, 3.05) is 0 Å². The number of aromatic nitrogens is 2. The van der Waals surface area contributed by atoms with Crippen LogP contribution in [0.1, 0.15) is 0 Å². The molecule has 2 heterocycles. The van der Waals surface area contributed by atoms with E-state index in [-0.39, 0.29) is 0 Å². The quantitative estimate of drug-likeness (QED) is 0.173. The molecule has 0 aliphatic rings. The van der Waals surface area contributed by atoms with Gasteiger partial charge in [-0.15, -0.1) is 11.3 Å². The molecule has 0 amide bonds. The molecular formula is C50H32N2S. The highest BCUT2D eigenvalue weighted by Crippen LogP contribution is 2.42. The maximum absolute atomic E-state index is 5.26. The Hall–Kier alpha value is -6.68. The van der Waals surface area contributed by atoms with Crippen LogP contribution in [0.25, 0.3) is 98.2 Å². The number of fused-ring (bicyclic) bond motifs is 4. The first-order valence-corrected chi connectivity index (χ1v) is 18.7. The second kappa shape index (κ2) is 13.1. The molecule has 2 nitrogen and oxygen atoms in total. The van der Waals surface area contributed by atoms with Crippen molar-refractivity contribution in [1.82, 2.24) is 9.97 Å². The molecule has 0 atom stereocenters. The fourth-order valence-corrected chi connectivity index (χ4v) is 8.54. The van der Waals surface area contributed by atoms with Gasteiger partial charge in [-0.25, -0.2) is 9.97 Å². The molecule has 0 radical (unpaired) electrons. The largest absolute Gasteiger partial charge is 0.228 e. The maximum Gasteiger partial charge on any atom is 0.160 e. The monoisotopic (exact) mass is 692 g/mol. The standard InChI is InChI=1S/C50H32N2S/c1-3-12-33(13-4-1)40-29-41(43-19-11-21-48-49(43)44-18-9-10-20-47(44)53-48)31-42(30-40)46-32-45(51-50(52-46)37-15-5-2-6-16-37)36-25-22-35(23-26-36)39-27-24-34-14-7-8-17-38(34)28-39/h1-32H. The highest BCUT2D eigenvalue weighted by molar-refractivity contribution is 7.25. The van der Waals surface area contributed by atoms with E-state index in [9.17, 15) is 0 Å². The molecule has 0 aliphatic carbocycles. The number of rotatable bonds is 6. The zero-order valence-electron chi connectivity index (χ0n) is 28.8. The summed E-state index contributed by atoms with van der Waals surface area (Å²) in [6, 6.07) is 69.3. The van der Waals surface area contributed by atoms with Crippen LogP contribution in [0.5, 0.6) is 0 Å². The molecule has 0 N–H and O–H groups in total. The molecule has 10 rings (SSSR count). The third-order valence-electron chi connectivity index (χ3n) is 10.1. The Morgan fingerprint density at radius 2 is 0.906 bits per heavy atom. The normalized spacial score (nSPS) is 11.4. The second-order valence-corrected chi connectivity index (χ2v) is 14.5. The summed E-state index contributed by atoms with van der Waals surface area (Å²) in [6.45, 7) is 0. The summed E-state index contributed by atoms with van der Waals surface area (Å²) in [5.74, 6) is 0.703. The van der Waals surface area contributed by atoms with E-state index in [4.69, 9.17) is 9.97 Å². The summed E-state index contributed by atoms with van der Waals surface area (Å²) in [4.78, 5) is 10.4. The molecule has 248 valence electrons. The molecule has 3 heteroatoms. The third kappa shape index (κ3) is 5.87. The number of hydrogen-bond acceptors (Lipinski definition) is 3. The summed E-state index contributed by atoms with van der Waals surface area (Å²) in [6.07, 6.45) is 0. The van der Waals surface area contributed by atoms with Gasteiger partial charge in [0.2, 0.25) is 0 Å². The van der Waals surface area contributed by atoms with Crippen molar-refractivity contribution >= 4 is 42.3 Å². The van der Waals surface area contributed by atoms with Crippen molar-refractivity contribution in [3.05, 3.63) is 194 Å². The van der Waals surface area contributed by atoms with Crippen LogP contribution in [0.4, 0.5) is 0 Å². The van der Waals surface area contributed by atoms with Gasteiger partial charge in [0.15, 0.2) is 5.82 Å². The smallest absolute Gasteiger partial charge is 0.160 e. The number of hydrogen-bond donors (Lipinski definition) is 0. The Kier molecular flexibility index (Phi) is 7.71. The van der Waals surface area contributed by atoms with Gasteiger partial charge < -0.3 is 0 Å². The van der Waals surface area contributed by atoms with Crippen molar-refractivity contribution in [1.29, 1.82) is 0 Å². The van der Waals surface area contributed by atoms with Gasteiger partial charge in [-0.05, 0) is 86.6 Å². The van der Waals surface area contributed by atoms with E-state index in [0.717, 1.165) is 39.2 Å². The van der Waals surface area contributed by atoms with Gasteiger partial charge in [-0.1, -0.05) is 152 Å². The SMILES string of the molecule is c1ccc(-c2cc(-c3cc(-c4ccc(-c5ccc6ccccc6c5)cc4)nc(-c4ccccc4)n3)cc(-c3cccc4sc5ccccc5c34)c2)cc1. The van der Waals surface area contributed by atoms with Crippen LogP contribution in [0.15, 0.2) is 194 Å². The van der Waals surface area contributed by atoms with E-state index >= 15 is 0 Å². The molecule has 0 fully saturated rings. The van der Waals surface area contributed by atoms with Gasteiger partial charge in [-0.3, -0.25) is 0 Å². The predicted molar refractivity (Wildman–Crippen MR) is 225 cm³/mol. The predicted octanol–water partition coefficient (Wildman–Crippen LogP) is 14.0. The van der Waals surface area contributed by atoms with E-state index in [1.54, 1.807) is 0 Å². The minimum atomic E-state index is 0.703. The van der Waals surface area contributed by atoms with E-state index in [0.29, 0.717) is 5.82 Å². The van der Waals surface area contributed by atoms with Crippen LogP contribution in [0, 0.1) is 0 Å². The molecule has 0 saturated carbocycles. The molecular weight excluding hydrogens is 661 g/mol. The first kappa shape index (κ1) is 31.1. The highest BCUT2D eigenvalue weighted by Gasteiger charge is 2.16. The molecule has 0 bridgehead atoms. The Balaban J connectivity index is 1.14. The zero-order chi connectivity index (χ0) is 35.1. The van der Waals surface area contributed by atoms with Crippen LogP contribution in [0.2, 0.25) is 0 Å². The summed E-state index contributed by atoms with van der Waals surface area (Å²) >= 11 is 1.85. The van der Waals surface area contributed by atoms with Crippen LogP contribution in [-0.2, 0) is 0 Å². The highest BCUT2D eigenvalue weighted by atomic mass is 32.1. The fourth-order valence-electron chi connectivity index (χ4n) is 7.41. The summed E-state index contributed by atoms with van der Waals surface area (Å²) < 4.78 is 2.59. The lowest BCUT2D eigenvalue weighted by Gasteiger charge is -2.14. The Labute approximate surface area is 312 Å². The lowest BCUT2D eigenvalue weighted by molar-refractivity contribution is 1.18. The molecule has 10 aromatic rings. The van der Waals surface area contributed by atoms with Gasteiger partial charge in [-0.2, -0.15) is 0 Å². The molecule has 8 aromatic carbocycles. The molecule has 0 spiro atoms. The van der Waals surface area contributed by atoms with E-state index in [2.05, 4.69) is 176 Å². The lowest BCUT2D eigenvalue weighted by atomic mass is 9.92. The summed E-state index contributed by atoms with van der Waals surface area (Å²) in [5.41, 5.74) is 11.9. The van der Waals surface area contributed by atoms with Crippen molar-refractivity contribution in [3.8, 4) is 67.3 Å². The first-order chi connectivity index (χ1) is 26.2. The van der Waals surface area contributed by atoms with Crippen molar-refractivity contribution in [2.45, 2.75) is 0 Å². The Morgan fingerprint density at radius 3 is 1.72 bits per heavy atom. The first-order valence-electron chi connectivity index (χ1n) is 17.9. The van der Waals surface area contributed by atoms with Crippen LogP contribution in [-0.4, -0.2) is 9.97 Å². The van der Waals surface area contributed by atoms with Crippen LogP contribution >= 0.6 is 11.3 Å². The topological polar surface area (TPSA) is 25.8 Å². The van der Waals surface area contributed by atoms with Gasteiger partial charge in [0.1, 0.15) is 0 Å². The van der Waals surface area contributed by atoms with E-state index in [1.165, 1.54) is 53.2 Å². The van der Waals surface area contributed by atoms with Crippen LogP contribution < -0.4 is 0 Å². The average molecular weight is 693 g/mol. The fraction of sp³-hybridized carbons (Fsp3) is 0. The van der Waals surface area contributed by atoms with Crippen LogP contribution in [0.3, 0.4) is 0 Å². The van der Waals surface area contributed by atoms with Gasteiger partial charge in [0, 0.05) is 36.9 Å². The average Bonchev–Trinajstić information content (AvgIpc) is 3.63. The van der Waals surface area contributed by atoms with E-state index < -0.39 is 0 Å². The zero-order valence-corrected chi connectivity index (χ0v) is 29.6. The minimum Gasteiger partial charge on any atom is -0.228 e. The van der Waals surface area contributed by atoms with Crippen molar-refractivity contribution in [3.63, 3.8) is 0 Å². The minimum absolute atomic E-state index is 0.703. The third-order valence-corrected chi connectivity index (χ3v) is 11.2. The second-order valence-electron chi connectivity index (χ2n) is 13.4. The van der Waals surface area contributed by atoms with Crippen molar-refractivity contribution in [2.24, 2.45) is 0 Å². The Bertz CT molecular complexity index is 2930. The summed E-state index contributed by atoms with van der Waals surface area (Å²) in [5, 5.41) is 5.07. The maximum atomic E-state index is 5.26. The number of nitrogens with zero attached hydrogens (tertiary/aromatic N) is 2. The van der Waals surface area contributed by atoms with E-state index in [1.807, 2.05) is 29.5 Å². The van der Waals surface area contributed by atoms with Crippen molar-refractivity contribution < 1.29 is 0 Å². The van der Waals surface area contributed by atoms with Gasteiger partial charge in [0.05, 0.1) is 11.4 Å². The Morgan fingerprint density at radius 1 is 0.321 bits per heavy atom. The molecule has 53 heavy (non-hydrogen) atoms. The lowest BCUT2D eigenvalue weighted by Crippen LogP contribution is -1.96. The summed E-state index contributed by atoms with van der Waals surface area (Å²) in [7, 11) is 0. The molecule has 0 saturated heterocycles. The number of benzene rings is 8.